The van der Waals surface area contributed by atoms with Crippen LogP contribution < -0.4 is 0 Å². The van der Waals surface area contributed by atoms with Crippen molar-refractivity contribution in [2.24, 2.45) is 5.41 Å². The summed E-state index contributed by atoms with van der Waals surface area (Å²) in [7, 11) is 2.09. The molecule has 0 spiro atoms. The Kier molecular flexibility index (Phi) is 4.74. The first-order valence-corrected chi connectivity index (χ1v) is 9.70. The molecule has 1 aliphatic rings. The molecule has 1 aromatic carbocycles. The Morgan fingerprint density at radius 2 is 2.00 bits per heavy atom. The number of aromatic nitrogens is 3. The Morgan fingerprint density at radius 1 is 1.25 bits per heavy atom. The van der Waals surface area contributed by atoms with E-state index in [0.29, 0.717) is 22.8 Å². The maximum atomic E-state index is 10.3. The first kappa shape index (κ1) is 18.7. The van der Waals surface area contributed by atoms with Gasteiger partial charge in [-0.15, -0.1) is 10.2 Å². The molecule has 1 aliphatic heterocycles. The van der Waals surface area contributed by atoms with Crippen molar-refractivity contribution in [3.8, 4) is 23.1 Å². The van der Waals surface area contributed by atoms with Gasteiger partial charge in [-0.1, -0.05) is 11.6 Å². The predicted octanol–water partition coefficient (Wildman–Crippen LogP) is 4.00. The summed E-state index contributed by atoms with van der Waals surface area (Å²) in [5.41, 5.74) is 2.46. The molecule has 1 saturated heterocycles. The van der Waals surface area contributed by atoms with E-state index in [2.05, 4.69) is 28.2 Å². The summed E-state index contributed by atoms with van der Waals surface area (Å²) in [5, 5.41) is 30.3. The lowest BCUT2D eigenvalue weighted by Gasteiger charge is -2.35. The van der Waals surface area contributed by atoms with Crippen molar-refractivity contribution in [1.29, 1.82) is 5.26 Å². The highest BCUT2D eigenvalue weighted by molar-refractivity contribution is 6.31. The molecule has 1 fully saturated rings. The molecular formula is C21H22ClN5O. The number of benzene rings is 1. The predicted molar refractivity (Wildman–Crippen MR) is 109 cm³/mol. The fraction of sp³-hybridized carbons (Fsp3) is 0.381. The van der Waals surface area contributed by atoms with Gasteiger partial charge in [0.25, 0.3) is 0 Å². The van der Waals surface area contributed by atoms with Gasteiger partial charge in [0, 0.05) is 28.7 Å². The van der Waals surface area contributed by atoms with Gasteiger partial charge in [-0.2, -0.15) is 5.26 Å². The van der Waals surface area contributed by atoms with Crippen LogP contribution in [0.15, 0.2) is 30.5 Å². The lowest BCUT2D eigenvalue weighted by atomic mass is 9.80. The van der Waals surface area contributed by atoms with Gasteiger partial charge in [0.1, 0.15) is 5.75 Å². The Balaban J connectivity index is 1.69. The van der Waals surface area contributed by atoms with Crippen molar-refractivity contribution in [2.45, 2.75) is 26.3 Å². The van der Waals surface area contributed by atoms with Crippen LogP contribution in [0.2, 0.25) is 5.02 Å². The van der Waals surface area contributed by atoms with E-state index >= 15 is 0 Å². The second-order valence-electron chi connectivity index (χ2n) is 7.76. The van der Waals surface area contributed by atoms with E-state index in [1.165, 1.54) is 6.07 Å². The van der Waals surface area contributed by atoms with E-state index in [1.54, 1.807) is 6.07 Å². The molecule has 6 nitrogen and oxygen atoms in total. The van der Waals surface area contributed by atoms with Gasteiger partial charge in [0.05, 0.1) is 17.2 Å². The number of aromatic hydroxyl groups is 1. The smallest absolute Gasteiger partial charge is 0.162 e. The van der Waals surface area contributed by atoms with Crippen LogP contribution in [0, 0.1) is 23.7 Å². The number of hydrogen-bond acceptors (Lipinski definition) is 5. The molecule has 3 heterocycles. The molecule has 0 saturated carbocycles. The van der Waals surface area contributed by atoms with E-state index < -0.39 is 0 Å². The minimum absolute atomic E-state index is 0.0906. The number of hydrogen-bond donors (Lipinski definition) is 1. The average Bonchev–Trinajstić information content (AvgIpc) is 3.05. The van der Waals surface area contributed by atoms with E-state index in [0.717, 1.165) is 42.5 Å². The summed E-state index contributed by atoms with van der Waals surface area (Å²) in [6.07, 6.45) is 3.67. The van der Waals surface area contributed by atoms with Gasteiger partial charge >= 0.3 is 0 Å². The van der Waals surface area contributed by atoms with Crippen LogP contribution >= 0.6 is 11.6 Å². The van der Waals surface area contributed by atoms with Crippen LogP contribution in [0.4, 0.5) is 0 Å². The minimum Gasteiger partial charge on any atom is -0.507 e. The molecule has 0 amide bonds. The molecule has 7 heteroatoms. The highest BCUT2D eigenvalue weighted by atomic mass is 35.5. The van der Waals surface area contributed by atoms with Gasteiger partial charge in [-0.25, -0.2) is 0 Å². The Bertz CT molecular complexity index is 1050. The fourth-order valence-corrected chi connectivity index (χ4v) is 4.24. The van der Waals surface area contributed by atoms with Crippen LogP contribution in [-0.4, -0.2) is 44.9 Å². The second kappa shape index (κ2) is 7.08. The van der Waals surface area contributed by atoms with Gasteiger partial charge < -0.3 is 14.6 Å². The third-order valence-corrected chi connectivity index (χ3v) is 5.92. The summed E-state index contributed by atoms with van der Waals surface area (Å²) in [5.74, 6) is 0.0906. The number of likely N-dealkylation sites (tertiary alicyclic amines) is 1. The topological polar surface area (TPSA) is 78.0 Å². The summed E-state index contributed by atoms with van der Waals surface area (Å²) in [4.78, 5) is 2.26. The number of phenolic OH excluding ortho intramolecular Hbond substituents is 1. The normalized spacial score (nSPS) is 16.9. The highest BCUT2D eigenvalue weighted by Gasteiger charge is 2.34. The van der Waals surface area contributed by atoms with E-state index in [1.807, 2.05) is 29.8 Å². The highest BCUT2D eigenvalue weighted by Crippen LogP contribution is 2.36. The Morgan fingerprint density at radius 3 is 2.68 bits per heavy atom. The number of rotatable bonds is 3. The largest absolute Gasteiger partial charge is 0.507 e. The van der Waals surface area contributed by atoms with Crippen LogP contribution in [0.1, 0.15) is 18.4 Å². The molecule has 144 valence electrons. The van der Waals surface area contributed by atoms with Gasteiger partial charge in [-0.3, -0.25) is 0 Å². The van der Waals surface area contributed by atoms with Crippen molar-refractivity contribution in [3.63, 3.8) is 0 Å². The Hall–Kier alpha value is -2.62. The van der Waals surface area contributed by atoms with Crippen molar-refractivity contribution < 1.29 is 5.11 Å². The standard InChI is InChI=1S/C21H22ClN5O/c1-14-9-16(22)11-18(28)19(14)17-10-15-3-6-27(20(15)25-24-17)13-21(12-23)4-7-26(2)8-5-21/h3,6,9-11,28H,4-5,7-8,13H2,1-2H3. The van der Waals surface area contributed by atoms with Gasteiger partial charge in [0.2, 0.25) is 0 Å². The maximum absolute atomic E-state index is 10.3. The molecule has 2 aromatic heterocycles. The number of nitriles is 1. The molecule has 1 N–H and O–H groups in total. The lowest BCUT2D eigenvalue weighted by molar-refractivity contribution is 0.154. The number of nitrogens with zero attached hydrogens (tertiary/aromatic N) is 5. The number of aryl methyl sites for hydroxylation is 1. The summed E-state index contributed by atoms with van der Waals surface area (Å²) >= 11 is 6.01. The molecule has 4 rings (SSSR count). The third kappa shape index (κ3) is 3.32. The van der Waals surface area contributed by atoms with Crippen molar-refractivity contribution in [1.82, 2.24) is 19.7 Å². The van der Waals surface area contributed by atoms with Crippen molar-refractivity contribution >= 4 is 22.6 Å². The zero-order valence-electron chi connectivity index (χ0n) is 16.0. The molecule has 0 aliphatic carbocycles. The summed E-state index contributed by atoms with van der Waals surface area (Å²) < 4.78 is 2.02. The monoisotopic (exact) mass is 395 g/mol. The SMILES string of the molecule is Cc1cc(Cl)cc(O)c1-c1cc2ccn(CC3(C#N)CCN(C)CC3)c2nn1. The van der Waals surface area contributed by atoms with Gasteiger partial charge in [-0.05, 0) is 69.7 Å². The van der Waals surface area contributed by atoms with Crippen LogP contribution in [0.25, 0.3) is 22.3 Å². The van der Waals surface area contributed by atoms with E-state index in [-0.39, 0.29) is 11.2 Å². The molecule has 0 atom stereocenters. The quantitative estimate of drug-likeness (QED) is 0.725. The zero-order chi connectivity index (χ0) is 19.9. The molecule has 0 bridgehead atoms. The molecule has 28 heavy (non-hydrogen) atoms. The van der Waals surface area contributed by atoms with Crippen molar-refractivity contribution in [2.75, 3.05) is 20.1 Å². The Labute approximate surface area is 169 Å². The van der Waals surface area contributed by atoms with Crippen LogP contribution in [0.3, 0.4) is 0 Å². The van der Waals surface area contributed by atoms with Crippen LogP contribution in [-0.2, 0) is 6.54 Å². The van der Waals surface area contributed by atoms with Crippen molar-refractivity contribution in [3.05, 3.63) is 41.0 Å². The first-order chi connectivity index (χ1) is 13.4. The van der Waals surface area contributed by atoms with E-state index in [9.17, 15) is 10.4 Å². The summed E-state index contributed by atoms with van der Waals surface area (Å²) in [6, 6.07) is 9.77. The lowest BCUT2D eigenvalue weighted by Crippen LogP contribution is -2.39. The number of phenols is 1. The number of fused-ring (bicyclic) bond motifs is 1. The fourth-order valence-electron chi connectivity index (χ4n) is 3.97. The van der Waals surface area contributed by atoms with E-state index in [4.69, 9.17) is 11.6 Å². The minimum atomic E-state index is -0.371. The summed E-state index contributed by atoms with van der Waals surface area (Å²) in [6.45, 7) is 4.35. The molecule has 0 unspecified atom stereocenters. The van der Waals surface area contributed by atoms with Crippen LogP contribution in [0.5, 0.6) is 5.75 Å². The first-order valence-electron chi connectivity index (χ1n) is 9.33. The zero-order valence-corrected chi connectivity index (χ0v) is 16.7. The number of piperidine rings is 1. The van der Waals surface area contributed by atoms with Gasteiger partial charge in [0.15, 0.2) is 5.65 Å². The molecular weight excluding hydrogens is 374 g/mol. The molecule has 3 aromatic rings. The average molecular weight is 396 g/mol. The third-order valence-electron chi connectivity index (χ3n) is 5.70. The number of halogens is 1. The maximum Gasteiger partial charge on any atom is 0.162 e. The second-order valence-corrected chi connectivity index (χ2v) is 8.20. The molecule has 0 radical (unpaired) electrons.